The van der Waals surface area contributed by atoms with Gasteiger partial charge in [0, 0.05) is 24.7 Å². The number of Topliss-reactive ketones (excluding diaryl/α,β-unsaturated/α-hetero) is 1. The lowest BCUT2D eigenvalue weighted by Gasteiger charge is -2.10. The molecule has 2 heteroatoms. The van der Waals surface area contributed by atoms with E-state index >= 15 is 0 Å². The van der Waals surface area contributed by atoms with E-state index in [1.54, 1.807) is 6.08 Å². The molecule has 1 saturated carbocycles. The first-order chi connectivity index (χ1) is 8.29. The number of aliphatic hydroxyl groups is 1. The summed E-state index contributed by atoms with van der Waals surface area (Å²) in [6.07, 6.45) is 9.17. The third kappa shape index (κ3) is 4.75. The summed E-state index contributed by atoms with van der Waals surface area (Å²) in [7, 11) is 0. The number of hydrogen-bond donors (Lipinski definition) is 1. The average molecular weight is 234 g/mol. The van der Waals surface area contributed by atoms with Crippen molar-refractivity contribution < 1.29 is 9.90 Å². The lowest BCUT2D eigenvalue weighted by molar-refractivity contribution is -0.120. The molecule has 0 spiro atoms. The normalized spacial score (nSPS) is 24.0. The fourth-order valence-electron chi connectivity index (χ4n) is 2.16. The number of hydrogen-bond acceptors (Lipinski definition) is 2. The van der Waals surface area contributed by atoms with E-state index in [-0.39, 0.29) is 18.4 Å². The van der Waals surface area contributed by atoms with E-state index < -0.39 is 0 Å². The third-order valence-corrected chi connectivity index (χ3v) is 3.21. The second-order valence-corrected chi connectivity index (χ2v) is 4.53. The van der Waals surface area contributed by atoms with Crippen molar-refractivity contribution in [2.75, 3.05) is 6.61 Å². The zero-order chi connectivity index (χ0) is 12.5. The monoisotopic (exact) mass is 234 g/mol. The highest BCUT2D eigenvalue weighted by Gasteiger charge is 2.32. The molecule has 0 amide bonds. The minimum Gasteiger partial charge on any atom is -0.392 e. The second-order valence-electron chi connectivity index (χ2n) is 4.53. The van der Waals surface area contributed by atoms with Crippen molar-refractivity contribution in [3.63, 3.8) is 0 Å². The lowest BCUT2D eigenvalue weighted by Crippen LogP contribution is -2.12. The van der Waals surface area contributed by atoms with Gasteiger partial charge in [-0.15, -0.1) is 5.92 Å². The van der Waals surface area contributed by atoms with Gasteiger partial charge in [0.05, 0.1) is 6.61 Å². The van der Waals surface area contributed by atoms with Crippen molar-refractivity contribution in [3.8, 4) is 11.8 Å². The largest absolute Gasteiger partial charge is 0.392 e. The van der Waals surface area contributed by atoms with E-state index in [4.69, 9.17) is 5.11 Å². The van der Waals surface area contributed by atoms with Crippen molar-refractivity contribution in [2.24, 2.45) is 11.8 Å². The van der Waals surface area contributed by atoms with Crippen molar-refractivity contribution in [1.29, 1.82) is 0 Å². The molecule has 0 unspecified atom stereocenters. The highest BCUT2D eigenvalue weighted by Crippen LogP contribution is 2.31. The van der Waals surface area contributed by atoms with E-state index in [2.05, 4.69) is 18.8 Å². The van der Waals surface area contributed by atoms with E-state index in [0.717, 1.165) is 25.7 Å². The van der Waals surface area contributed by atoms with Gasteiger partial charge in [-0.25, -0.2) is 0 Å². The van der Waals surface area contributed by atoms with Crippen LogP contribution in [0.3, 0.4) is 0 Å². The smallest absolute Gasteiger partial charge is 0.137 e. The van der Waals surface area contributed by atoms with Crippen LogP contribution in [0.15, 0.2) is 12.2 Å². The van der Waals surface area contributed by atoms with Crippen LogP contribution in [0, 0.1) is 23.7 Å². The molecular formula is C15H22O2. The SMILES string of the molecule is CCCCC#C[C@H]1CCC(=O)[C@H]1C/C=C\CO. The van der Waals surface area contributed by atoms with Crippen LogP contribution in [0.25, 0.3) is 0 Å². The predicted octanol–water partition coefficient (Wildman–Crippen LogP) is 2.71. The molecule has 0 saturated heterocycles. The Balaban J connectivity index is 2.48. The fourth-order valence-corrected chi connectivity index (χ4v) is 2.16. The Bertz CT molecular complexity index is 320. The van der Waals surface area contributed by atoms with Gasteiger partial charge in [0.25, 0.3) is 0 Å². The Labute approximate surface area is 104 Å². The van der Waals surface area contributed by atoms with Crippen molar-refractivity contribution in [2.45, 2.75) is 45.4 Å². The number of allylic oxidation sites excluding steroid dienone is 1. The van der Waals surface area contributed by atoms with Gasteiger partial charge in [-0.3, -0.25) is 4.79 Å². The van der Waals surface area contributed by atoms with Crippen LogP contribution in [0.4, 0.5) is 0 Å². The molecule has 0 aliphatic heterocycles. The van der Waals surface area contributed by atoms with Crippen molar-refractivity contribution >= 4 is 5.78 Å². The van der Waals surface area contributed by atoms with Crippen molar-refractivity contribution in [3.05, 3.63) is 12.2 Å². The Morgan fingerprint density at radius 3 is 3.00 bits per heavy atom. The Kier molecular flexibility index (Phi) is 6.65. The molecule has 0 aromatic carbocycles. The van der Waals surface area contributed by atoms with E-state index in [0.29, 0.717) is 12.2 Å². The first-order valence-corrected chi connectivity index (χ1v) is 6.56. The van der Waals surface area contributed by atoms with Gasteiger partial charge in [0.1, 0.15) is 5.78 Å². The van der Waals surface area contributed by atoms with Gasteiger partial charge < -0.3 is 5.11 Å². The molecule has 0 aromatic rings. The maximum Gasteiger partial charge on any atom is 0.137 e. The molecule has 1 N–H and O–H groups in total. The quantitative estimate of drug-likeness (QED) is 0.451. The molecule has 0 bridgehead atoms. The first kappa shape index (κ1) is 14.0. The summed E-state index contributed by atoms with van der Waals surface area (Å²) in [5.41, 5.74) is 0. The lowest BCUT2D eigenvalue weighted by atomic mass is 9.92. The van der Waals surface area contributed by atoms with Crippen LogP contribution in [-0.2, 0) is 4.79 Å². The zero-order valence-corrected chi connectivity index (χ0v) is 10.6. The standard InChI is InChI=1S/C15H22O2/c1-2-3-4-5-8-13-10-11-15(17)14(13)9-6-7-12-16/h6-7,13-14,16H,2-4,9-12H2,1H3/b7-6-/t13-,14-/m0/s1. The minimum absolute atomic E-state index is 0.0494. The summed E-state index contributed by atoms with van der Waals surface area (Å²) < 4.78 is 0. The number of carbonyl (C=O) groups is 1. The van der Waals surface area contributed by atoms with E-state index in [9.17, 15) is 4.79 Å². The summed E-state index contributed by atoms with van der Waals surface area (Å²) in [5.74, 6) is 7.09. The average Bonchev–Trinajstić information content (AvgIpc) is 2.67. The zero-order valence-electron chi connectivity index (χ0n) is 10.6. The van der Waals surface area contributed by atoms with Gasteiger partial charge in [-0.05, 0) is 19.3 Å². The predicted molar refractivity (Wildman–Crippen MR) is 69.4 cm³/mol. The Hall–Kier alpha value is -1.07. The molecule has 0 radical (unpaired) electrons. The number of aliphatic hydroxyl groups excluding tert-OH is 1. The third-order valence-electron chi connectivity index (χ3n) is 3.21. The summed E-state index contributed by atoms with van der Waals surface area (Å²) in [4.78, 5) is 11.7. The molecule has 2 atom stereocenters. The molecule has 2 nitrogen and oxygen atoms in total. The summed E-state index contributed by atoms with van der Waals surface area (Å²) in [5, 5.41) is 8.67. The van der Waals surface area contributed by atoms with Gasteiger partial charge in [0.2, 0.25) is 0 Å². The van der Waals surface area contributed by atoms with Gasteiger partial charge in [-0.2, -0.15) is 0 Å². The summed E-state index contributed by atoms with van der Waals surface area (Å²) >= 11 is 0. The van der Waals surface area contributed by atoms with Crippen LogP contribution in [0.5, 0.6) is 0 Å². The molecule has 1 fully saturated rings. The molecule has 0 aromatic heterocycles. The highest BCUT2D eigenvalue weighted by molar-refractivity contribution is 5.84. The Morgan fingerprint density at radius 1 is 1.47 bits per heavy atom. The van der Waals surface area contributed by atoms with Crippen LogP contribution < -0.4 is 0 Å². The van der Waals surface area contributed by atoms with E-state index in [1.807, 2.05) is 6.08 Å². The van der Waals surface area contributed by atoms with E-state index in [1.165, 1.54) is 6.42 Å². The molecular weight excluding hydrogens is 212 g/mol. The summed E-state index contributed by atoms with van der Waals surface area (Å²) in [6, 6.07) is 0. The molecule has 1 aliphatic rings. The van der Waals surface area contributed by atoms with Crippen LogP contribution in [-0.4, -0.2) is 17.5 Å². The number of unbranched alkanes of at least 4 members (excludes halogenated alkanes) is 2. The number of ketones is 1. The molecule has 1 aliphatic carbocycles. The topological polar surface area (TPSA) is 37.3 Å². The van der Waals surface area contributed by atoms with Crippen LogP contribution in [0.1, 0.15) is 45.4 Å². The maximum atomic E-state index is 11.7. The Morgan fingerprint density at radius 2 is 2.29 bits per heavy atom. The molecule has 94 valence electrons. The van der Waals surface area contributed by atoms with Gasteiger partial charge >= 0.3 is 0 Å². The van der Waals surface area contributed by atoms with Gasteiger partial charge in [0.15, 0.2) is 0 Å². The highest BCUT2D eigenvalue weighted by atomic mass is 16.2. The van der Waals surface area contributed by atoms with Crippen LogP contribution >= 0.6 is 0 Å². The fraction of sp³-hybridized carbons (Fsp3) is 0.667. The minimum atomic E-state index is 0.0494. The molecule has 0 heterocycles. The second kappa shape index (κ2) is 8.08. The summed E-state index contributed by atoms with van der Waals surface area (Å²) in [6.45, 7) is 2.21. The number of rotatable bonds is 5. The molecule has 1 rings (SSSR count). The molecule has 17 heavy (non-hydrogen) atoms. The number of carbonyl (C=O) groups excluding carboxylic acids is 1. The first-order valence-electron chi connectivity index (χ1n) is 6.56. The van der Waals surface area contributed by atoms with Crippen molar-refractivity contribution in [1.82, 2.24) is 0 Å². The van der Waals surface area contributed by atoms with Gasteiger partial charge in [-0.1, -0.05) is 31.4 Å². The maximum absolute atomic E-state index is 11.7. The van der Waals surface area contributed by atoms with Crippen LogP contribution in [0.2, 0.25) is 0 Å².